The molecule has 1 unspecified atom stereocenters. The Hall–Kier alpha value is -1.43. The van der Waals surface area contributed by atoms with E-state index in [1.54, 1.807) is 17.8 Å². The highest BCUT2D eigenvalue weighted by Crippen LogP contribution is 2.04. The lowest BCUT2D eigenvalue weighted by Crippen LogP contribution is -2.31. The maximum atomic E-state index is 11.6. The van der Waals surface area contributed by atoms with Gasteiger partial charge >= 0.3 is 0 Å². The number of hydrogen-bond acceptors (Lipinski definition) is 4. The molecule has 1 atom stereocenters. The van der Waals surface area contributed by atoms with Gasteiger partial charge in [0.15, 0.2) is 0 Å². The summed E-state index contributed by atoms with van der Waals surface area (Å²) in [7, 11) is 0. The van der Waals surface area contributed by atoms with E-state index >= 15 is 0 Å². The fraction of sp³-hybridized carbons (Fsp3) is 0.700. The Morgan fingerprint density at radius 2 is 2.44 bits per heavy atom. The largest absolute Gasteiger partial charge is 0.354 e. The molecule has 0 aromatic carbocycles. The number of carbonyl (C=O) groups excluding carboxylic acids is 1. The molecule has 0 aliphatic carbocycles. The van der Waals surface area contributed by atoms with Gasteiger partial charge in [0, 0.05) is 19.2 Å². The Morgan fingerprint density at radius 3 is 3.06 bits per heavy atom. The summed E-state index contributed by atoms with van der Waals surface area (Å²) in [6, 6.07) is -0.328. The summed E-state index contributed by atoms with van der Waals surface area (Å²) >= 11 is 0. The summed E-state index contributed by atoms with van der Waals surface area (Å²) in [5, 5.41) is 10.7. The van der Waals surface area contributed by atoms with E-state index < -0.39 is 0 Å². The monoisotopic (exact) mass is 225 g/mol. The lowest BCUT2D eigenvalue weighted by atomic mass is 10.3. The minimum absolute atomic E-state index is 0.0361. The highest BCUT2D eigenvalue weighted by Gasteiger charge is 2.15. The van der Waals surface area contributed by atoms with Gasteiger partial charge in [0.05, 0.1) is 5.69 Å². The first-order valence-electron chi connectivity index (χ1n) is 5.57. The Balaban J connectivity index is 2.57. The van der Waals surface area contributed by atoms with Gasteiger partial charge in [-0.1, -0.05) is 12.1 Å². The van der Waals surface area contributed by atoms with E-state index in [2.05, 4.69) is 15.6 Å². The van der Waals surface area contributed by atoms with Crippen molar-refractivity contribution in [1.29, 1.82) is 0 Å². The van der Waals surface area contributed by atoms with Crippen molar-refractivity contribution < 1.29 is 4.79 Å². The second-order valence-corrected chi connectivity index (χ2v) is 3.70. The SMILES string of the molecule is CCCNC(=O)C(C)n1cc(CCN)nn1. The molecular formula is C10H19N5O. The molecule has 16 heavy (non-hydrogen) atoms. The number of nitrogens with one attached hydrogen (secondary N) is 1. The Morgan fingerprint density at radius 1 is 1.69 bits per heavy atom. The summed E-state index contributed by atoms with van der Waals surface area (Å²) in [6.07, 6.45) is 3.38. The Labute approximate surface area is 95.2 Å². The van der Waals surface area contributed by atoms with Crippen LogP contribution < -0.4 is 11.1 Å². The number of nitrogens with two attached hydrogens (primary N) is 1. The average Bonchev–Trinajstić information content (AvgIpc) is 2.74. The number of amides is 1. The van der Waals surface area contributed by atoms with E-state index in [1.807, 2.05) is 6.92 Å². The number of carbonyl (C=O) groups is 1. The second-order valence-electron chi connectivity index (χ2n) is 3.70. The number of nitrogens with zero attached hydrogens (tertiary/aromatic N) is 3. The van der Waals surface area contributed by atoms with Crippen molar-refractivity contribution in [3.63, 3.8) is 0 Å². The first-order valence-corrected chi connectivity index (χ1v) is 5.57. The van der Waals surface area contributed by atoms with Gasteiger partial charge in [0.25, 0.3) is 0 Å². The van der Waals surface area contributed by atoms with E-state index in [0.29, 0.717) is 19.5 Å². The van der Waals surface area contributed by atoms with E-state index in [-0.39, 0.29) is 11.9 Å². The first-order chi connectivity index (χ1) is 7.69. The van der Waals surface area contributed by atoms with Gasteiger partial charge < -0.3 is 11.1 Å². The minimum Gasteiger partial charge on any atom is -0.354 e. The van der Waals surface area contributed by atoms with Crippen molar-refractivity contribution in [2.75, 3.05) is 13.1 Å². The zero-order valence-electron chi connectivity index (χ0n) is 9.81. The molecule has 0 aliphatic rings. The van der Waals surface area contributed by atoms with Crippen LogP contribution in [0.2, 0.25) is 0 Å². The number of aromatic nitrogens is 3. The van der Waals surface area contributed by atoms with Crippen LogP contribution in [0.1, 0.15) is 32.0 Å². The van der Waals surface area contributed by atoms with Gasteiger partial charge in [0.1, 0.15) is 6.04 Å². The molecule has 0 bridgehead atoms. The normalized spacial score (nSPS) is 12.4. The minimum atomic E-state index is -0.328. The molecule has 0 aliphatic heterocycles. The highest BCUT2D eigenvalue weighted by atomic mass is 16.2. The van der Waals surface area contributed by atoms with Gasteiger partial charge in [-0.3, -0.25) is 4.79 Å². The molecule has 3 N–H and O–H groups in total. The van der Waals surface area contributed by atoms with Crippen LogP contribution in [0.5, 0.6) is 0 Å². The zero-order chi connectivity index (χ0) is 12.0. The summed E-state index contributed by atoms with van der Waals surface area (Å²) in [6.45, 7) is 5.04. The van der Waals surface area contributed by atoms with Crippen molar-refractivity contribution >= 4 is 5.91 Å². The molecule has 1 heterocycles. The standard InChI is InChI=1S/C10H19N5O/c1-3-6-12-10(16)8(2)15-7-9(4-5-11)13-14-15/h7-8H,3-6,11H2,1-2H3,(H,12,16). The molecule has 6 nitrogen and oxygen atoms in total. The second kappa shape index (κ2) is 6.22. The predicted molar refractivity (Wildman–Crippen MR) is 60.8 cm³/mol. The smallest absolute Gasteiger partial charge is 0.244 e. The third-order valence-corrected chi connectivity index (χ3v) is 2.28. The fourth-order valence-electron chi connectivity index (χ4n) is 1.28. The van der Waals surface area contributed by atoms with Crippen molar-refractivity contribution in [3.8, 4) is 0 Å². The van der Waals surface area contributed by atoms with E-state index in [4.69, 9.17) is 5.73 Å². The van der Waals surface area contributed by atoms with Crippen LogP contribution in [0.15, 0.2) is 6.20 Å². The van der Waals surface area contributed by atoms with Gasteiger partial charge in [-0.05, 0) is 19.9 Å². The zero-order valence-corrected chi connectivity index (χ0v) is 9.81. The summed E-state index contributed by atoms with van der Waals surface area (Å²) < 4.78 is 1.57. The van der Waals surface area contributed by atoms with Crippen molar-refractivity contribution in [2.45, 2.75) is 32.7 Å². The van der Waals surface area contributed by atoms with E-state index in [0.717, 1.165) is 12.1 Å². The molecule has 90 valence electrons. The molecule has 0 fully saturated rings. The molecule has 0 saturated carbocycles. The lowest BCUT2D eigenvalue weighted by Gasteiger charge is -2.10. The summed E-state index contributed by atoms with van der Waals surface area (Å²) in [5.74, 6) is -0.0361. The van der Waals surface area contributed by atoms with Crippen molar-refractivity contribution in [2.24, 2.45) is 5.73 Å². The molecule has 1 amide bonds. The fourth-order valence-corrected chi connectivity index (χ4v) is 1.28. The molecule has 1 rings (SSSR count). The molecule has 0 spiro atoms. The maximum Gasteiger partial charge on any atom is 0.244 e. The van der Waals surface area contributed by atoms with E-state index in [9.17, 15) is 4.79 Å². The van der Waals surface area contributed by atoms with Gasteiger partial charge in [-0.2, -0.15) is 0 Å². The van der Waals surface area contributed by atoms with Gasteiger partial charge in [-0.15, -0.1) is 5.10 Å². The predicted octanol–water partition coefficient (Wildman–Crippen LogP) is -0.133. The lowest BCUT2D eigenvalue weighted by molar-refractivity contribution is -0.124. The Bertz CT molecular complexity index is 336. The first kappa shape index (κ1) is 12.6. The summed E-state index contributed by atoms with van der Waals surface area (Å²) in [5.41, 5.74) is 6.23. The van der Waals surface area contributed by atoms with Crippen LogP contribution in [0, 0.1) is 0 Å². The van der Waals surface area contributed by atoms with Crippen LogP contribution >= 0.6 is 0 Å². The molecule has 0 radical (unpaired) electrons. The van der Waals surface area contributed by atoms with E-state index in [1.165, 1.54) is 0 Å². The molecule has 0 saturated heterocycles. The third kappa shape index (κ3) is 3.30. The van der Waals surface area contributed by atoms with Crippen LogP contribution in [0.3, 0.4) is 0 Å². The third-order valence-electron chi connectivity index (χ3n) is 2.28. The molecule has 1 aromatic heterocycles. The van der Waals surface area contributed by atoms with Crippen molar-refractivity contribution in [1.82, 2.24) is 20.3 Å². The Kier molecular flexibility index (Phi) is 4.91. The quantitative estimate of drug-likeness (QED) is 0.706. The van der Waals surface area contributed by atoms with Crippen LogP contribution in [0.25, 0.3) is 0 Å². The summed E-state index contributed by atoms with van der Waals surface area (Å²) in [4.78, 5) is 11.6. The van der Waals surface area contributed by atoms with Crippen molar-refractivity contribution in [3.05, 3.63) is 11.9 Å². The van der Waals surface area contributed by atoms with Crippen LogP contribution in [-0.4, -0.2) is 34.0 Å². The number of hydrogen-bond donors (Lipinski definition) is 2. The molecule has 1 aromatic rings. The number of rotatable bonds is 6. The van der Waals surface area contributed by atoms with Crippen LogP contribution in [-0.2, 0) is 11.2 Å². The molecular weight excluding hydrogens is 206 g/mol. The van der Waals surface area contributed by atoms with Crippen LogP contribution in [0.4, 0.5) is 0 Å². The molecule has 6 heteroatoms. The topological polar surface area (TPSA) is 85.8 Å². The van der Waals surface area contributed by atoms with Gasteiger partial charge in [-0.25, -0.2) is 4.68 Å². The maximum absolute atomic E-state index is 11.6. The average molecular weight is 225 g/mol. The highest BCUT2D eigenvalue weighted by molar-refractivity contribution is 5.79. The van der Waals surface area contributed by atoms with Gasteiger partial charge in [0.2, 0.25) is 5.91 Å².